The molecule has 2 N–H and O–H groups in total. The molecule has 1 saturated heterocycles. The molecule has 1 atom stereocenters. The Balaban J connectivity index is 2.24. The van der Waals surface area contributed by atoms with E-state index >= 15 is 0 Å². The number of anilines is 1. The average molecular weight is 208 g/mol. The summed E-state index contributed by atoms with van der Waals surface area (Å²) in [6.45, 7) is 1.70. The van der Waals surface area contributed by atoms with Crippen molar-refractivity contribution in [2.24, 2.45) is 5.73 Å². The third-order valence-electron chi connectivity index (χ3n) is 2.68. The quantitative estimate of drug-likeness (QED) is 0.745. The molecule has 1 fully saturated rings. The van der Waals surface area contributed by atoms with E-state index in [1.54, 1.807) is 14.2 Å². The van der Waals surface area contributed by atoms with Crippen molar-refractivity contribution in [2.45, 2.75) is 6.04 Å². The molecule has 82 valence electrons. The molecule has 4 nitrogen and oxygen atoms in total. The van der Waals surface area contributed by atoms with Crippen LogP contribution < -0.4 is 20.1 Å². The maximum atomic E-state index is 5.60. The van der Waals surface area contributed by atoms with Crippen molar-refractivity contribution in [1.29, 1.82) is 0 Å². The zero-order chi connectivity index (χ0) is 10.8. The first-order valence-electron chi connectivity index (χ1n) is 4.99. The normalized spacial score (nSPS) is 18.9. The van der Waals surface area contributed by atoms with Gasteiger partial charge in [-0.05, 0) is 12.1 Å². The van der Waals surface area contributed by atoms with Crippen LogP contribution in [-0.2, 0) is 0 Å². The second kappa shape index (κ2) is 3.98. The summed E-state index contributed by atoms with van der Waals surface area (Å²) in [5.74, 6) is 1.65. The lowest BCUT2D eigenvalue weighted by Crippen LogP contribution is -2.12. The molecule has 0 aliphatic carbocycles. The van der Waals surface area contributed by atoms with Crippen molar-refractivity contribution in [3.05, 3.63) is 18.2 Å². The van der Waals surface area contributed by atoms with Crippen LogP contribution in [0.3, 0.4) is 0 Å². The van der Waals surface area contributed by atoms with Gasteiger partial charge in [0.25, 0.3) is 0 Å². The highest BCUT2D eigenvalue weighted by molar-refractivity contribution is 5.65. The molecular formula is C11H16N2O2. The van der Waals surface area contributed by atoms with Crippen LogP contribution in [0.5, 0.6) is 11.5 Å². The molecule has 0 amide bonds. The second-order valence-electron chi connectivity index (χ2n) is 3.58. The molecule has 1 aromatic rings. The molecule has 0 bridgehead atoms. The molecule has 0 radical (unpaired) electrons. The van der Waals surface area contributed by atoms with Crippen LogP contribution in [0.4, 0.5) is 5.69 Å². The molecule has 0 saturated carbocycles. The molecule has 1 aliphatic heterocycles. The van der Waals surface area contributed by atoms with Crippen LogP contribution in [0.15, 0.2) is 18.2 Å². The minimum Gasteiger partial charge on any atom is -0.497 e. The lowest BCUT2D eigenvalue weighted by Gasteiger charge is -2.12. The fourth-order valence-corrected chi connectivity index (χ4v) is 1.70. The standard InChI is InChI=1S/C11H16N2O2/c1-14-9-3-4-10(11(5-9)15-2)13-7-8(13)6-12/h3-5,8H,6-7,12H2,1-2H3. The van der Waals surface area contributed by atoms with Crippen LogP contribution in [0.25, 0.3) is 0 Å². The summed E-state index contributed by atoms with van der Waals surface area (Å²) in [7, 11) is 3.31. The highest BCUT2D eigenvalue weighted by atomic mass is 16.5. The van der Waals surface area contributed by atoms with Gasteiger partial charge in [0.15, 0.2) is 0 Å². The van der Waals surface area contributed by atoms with Crippen molar-refractivity contribution in [2.75, 3.05) is 32.2 Å². The van der Waals surface area contributed by atoms with Crippen molar-refractivity contribution >= 4 is 5.69 Å². The Bertz CT molecular complexity index is 354. The molecule has 2 rings (SSSR count). The average Bonchev–Trinajstić information content (AvgIpc) is 3.07. The Morgan fingerprint density at radius 3 is 2.73 bits per heavy atom. The molecule has 1 aromatic carbocycles. The van der Waals surface area contributed by atoms with Gasteiger partial charge in [-0.3, -0.25) is 0 Å². The molecule has 1 aliphatic rings. The smallest absolute Gasteiger partial charge is 0.145 e. The van der Waals surface area contributed by atoms with E-state index < -0.39 is 0 Å². The number of nitrogens with two attached hydrogens (primary N) is 1. The number of benzene rings is 1. The zero-order valence-electron chi connectivity index (χ0n) is 9.06. The van der Waals surface area contributed by atoms with Crippen LogP contribution >= 0.6 is 0 Å². The van der Waals surface area contributed by atoms with Gasteiger partial charge in [0, 0.05) is 19.2 Å². The molecule has 1 heterocycles. The Morgan fingerprint density at radius 2 is 2.20 bits per heavy atom. The van der Waals surface area contributed by atoms with E-state index in [0.717, 1.165) is 23.7 Å². The Morgan fingerprint density at radius 1 is 1.40 bits per heavy atom. The van der Waals surface area contributed by atoms with E-state index in [1.807, 2.05) is 18.2 Å². The maximum Gasteiger partial charge on any atom is 0.145 e. The predicted octanol–water partition coefficient (Wildman–Crippen LogP) is 0.851. The Kier molecular flexibility index (Phi) is 2.68. The van der Waals surface area contributed by atoms with Gasteiger partial charge in [0.1, 0.15) is 11.5 Å². The highest BCUT2D eigenvalue weighted by Gasteiger charge is 2.34. The molecule has 4 heteroatoms. The van der Waals surface area contributed by atoms with Crippen molar-refractivity contribution in [3.63, 3.8) is 0 Å². The van der Waals surface area contributed by atoms with Crippen LogP contribution in [-0.4, -0.2) is 33.4 Å². The number of methoxy groups -OCH3 is 2. The predicted molar refractivity (Wildman–Crippen MR) is 59.7 cm³/mol. The lowest BCUT2D eigenvalue weighted by molar-refractivity contribution is 0.395. The summed E-state index contributed by atoms with van der Waals surface area (Å²) in [6, 6.07) is 6.30. The summed E-state index contributed by atoms with van der Waals surface area (Å²) in [4.78, 5) is 2.22. The summed E-state index contributed by atoms with van der Waals surface area (Å²) in [5.41, 5.74) is 6.69. The Hall–Kier alpha value is -1.42. The zero-order valence-corrected chi connectivity index (χ0v) is 9.06. The van der Waals surface area contributed by atoms with Crippen LogP contribution in [0, 0.1) is 0 Å². The summed E-state index contributed by atoms with van der Waals surface area (Å²) < 4.78 is 10.5. The van der Waals surface area contributed by atoms with Gasteiger partial charge in [0.2, 0.25) is 0 Å². The number of hydrogen-bond acceptors (Lipinski definition) is 4. The van der Waals surface area contributed by atoms with Gasteiger partial charge < -0.3 is 20.1 Å². The number of ether oxygens (including phenoxy) is 2. The topological polar surface area (TPSA) is 47.5 Å². The van der Waals surface area contributed by atoms with Crippen molar-refractivity contribution in [3.8, 4) is 11.5 Å². The van der Waals surface area contributed by atoms with Crippen LogP contribution in [0.2, 0.25) is 0 Å². The summed E-state index contributed by atoms with van der Waals surface area (Å²) in [6.07, 6.45) is 0. The monoisotopic (exact) mass is 208 g/mol. The first-order chi connectivity index (χ1) is 7.30. The number of rotatable bonds is 4. The van der Waals surface area contributed by atoms with E-state index in [4.69, 9.17) is 15.2 Å². The second-order valence-corrected chi connectivity index (χ2v) is 3.58. The molecule has 1 unspecified atom stereocenters. The van der Waals surface area contributed by atoms with Gasteiger partial charge >= 0.3 is 0 Å². The van der Waals surface area contributed by atoms with Crippen LogP contribution in [0.1, 0.15) is 0 Å². The summed E-state index contributed by atoms with van der Waals surface area (Å²) in [5, 5.41) is 0. The van der Waals surface area contributed by atoms with Gasteiger partial charge in [-0.1, -0.05) is 0 Å². The van der Waals surface area contributed by atoms with Gasteiger partial charge in [-0.2, -0.15) is 0 Å². The fourth-order valence-electron chi connectivity index (χ4n) is 1.70. The first kappa shape index (κ1) is 10.1. The third kappa shape index (κ3) is 1.85. The van der Waals surface area contributed by atoms with Crippen molar-refractivity contribution in [1.82, 2.24) is 0 Å². The SMILES string of the molecule is COc1ccc(N2CC2CN)c(OC)c1. The molecule has 0 aromatic heterocycles. The lowest BCUT2D eigenvalue weighted by atomic mass is 10.2. The molecule has 15 heavy (non-hydrogen) atoms. The first-order valence-corrected chi connectivity index (χ1v) is 4.99. The Labute approximate surface area is 89.6 Å². The van der Waals surface area contributed by atoms with Gasteiger partial charge in [-0.25, -0.2) is 0 Å². The number of nitrogens with zero attached hydrogens (tertiary/aromatic N) is 1. The largest absolute Gasteiger partial charge is 0.497 e. The van der Waals surface area contributed by atoms with E-state index in [-0.39, 0.29) is 0 Å². The van der Waals surface area contributed by atoms with E-state index in [2.05, 4.69) is 4.90 Å². The third-order valence-corrected chi connectivity index (χ3v) is 2.68. The minimum absolute atomic E-state index is 0.465. The van der Waals surface area contributed by atoms with Gasteiger partial charge in [-0.15, -0.1) is 0 Å². The number of hydrogen-bond donors (Lipinski definition) is 1. The van der Waals surface area contributed by atoms with E-state index in [9.17, 15) is 0 Å². The van der Waals surface area contributed by atoms with E-state index in [0.29, 0.717) is 12.6 Å². The fraction of sp³-hybridized carbons (Fsp3) is 0.455. The minimum atomic E-state index is 0.465. The van der Waals surface area contributed by atoms with E-state index in [1.165, 1.54) is 0 Å². The molecule has 0 spiro atoms. The van der Waals surface area contributed by atoms with Gasteiger partial charge in [0.05, 0.1) is 25.9 Å². The maximum absolute atomic E-state index is 5.60. The highest BCUT2D eigenvalue weighted by Crippen LogP contribution is 2.37. The summed E-state index contributed by atoms with van der Waals surface area (Å²) >= 11 is 0. The van der Waals surface area contributed by atoms with Crippen molar-refractivity contribution < 1.29 is 9.47 Å². The molecular weight excluding hydrogens is 192 g/mol.